The lowest BCUT2D eigenvalue weighted by atomic mass is 9.72. The molecule has 1 fully saturated rings. The average molecular weight is 647 g/mol. The summed E-state index contributed by atoms with van der Waals surface area (Å²) >= 11 is 25.2. The molecule has 0 aliphatic carbocycles. The number of carbonyl (C=O) groups excluding carboxylic acids is 2. The van der Waals surface area contributed by atoms with Crippen molar-refractivity contribution in [2.45, 2.75) is 37.1 Å². The normalized spacial score (nSPS) is 20.0. The van der Waals surface area contributed by atoms with E-state index >= 15 is 0 Å². The maximum atomic E-state index is 14.3. The number of carbonyl (C=O) groups is 2. The van der Waals surface area contributed by atoms with Gasteiger partial charge < -0.3 is 20.6 Å². The fraction of sp³-hybridized carbons (Fsp3) is 0.312. The summed E-state index contributed by atoms with van der Waals surface area (Å²) in [7, 11) is 0. The number of anilines is 1. The highest BCUT2D eigenvalue weighted by Crippen LogP contribution is 2.44. The predicted octanol–water partition coefficient (Wildman–Crippen LogP) is 6.96. The van der Waals surface area contributed by atoms with Crippen molar-refractivity contribution in [3.05, 3.63) is 104 Å². The zero-order chi connectivity index (χ0) is 30.0. The SMILES string of the molecule is NC(=O)C1(c2ccc(Cl)cc2)CCN(C(=O)C2C=C(c3ccc(Cl)cc3Cl)N(c3ccc(Cl)cc3)C2CCCO)CC1. The van der Waals surface area contributed by atoms with Crippen molar-refractivity contribution >= 4 is 69.6 Å². The van der Waals surface area contributed by atoms with E-state index < -0.39 is 17.2 Å². The molecule has 220 valence electrons. The first-order chi connectivity index (χ1) is 20.1. The standard InChI is InChI=1S/C32H31Cl4N3O3/c33-21-5-3-20(4-6-21)32(31(37)42)13-15-38(16-14-32)30(41)26-19-29(25-12-9-23(35)18-27(25)36)39(28(26)2-1-17-40)24-10-7-22(34)8-11-24/h3-12,18-19,26,28,40H,1-2,13-17H2,(H2,37,42). The number of primary amides is 1. The fourth-order valence-electron chi connectivity index (χ4n) is 6.16. The van der Waals surface area contributed by atoms with Gasteiger partial charge in [0.1, 0.15) is 0 Å². The van der Waals surface area contributed by atoms with Crippen LogP contribution in [0.5, 0.6) is 0 Å². The molecule has 6 nitrogen and oxygen atoms in total. The van der Waals surface area contributed by atoms with E-state index in [0.717, 1.165) is 22.5 Å². The van der Waals surface area contributed by atoms with E-state index in [9.17, 15) is 14.7 Å². The number of rotatable bonds is 8. The van der Waals surface area contributed by atoms with Crippen LogP contribution in [-0.4, -0.2) is 47.6 Å². The third-order valence-corrected chi connectivity index (χ3v) is 9.45. The lowest BCUT2D eigenvalue weighted by Gasteiger charge is -2.41. The van der Waals surface area contributed by atoms with E-state index in [1.54, 1.807) is 36.4 Å². The lowest BCUT2D eigenvalue weighted by Crippen LogP contribution is -2.53. The maximum absolute atomic E-state index is 14.3. The van der Waals surface area contributed by atoms with E-state index in [0.29, 0.717) is 58.9 Å². The van der Waals surface area contributed by atoms with Crippen LogP contribution in [0.15, 0.2) is 72.8 Å². The van der Waals surface area contributed by atoms with Gasteiger partial charge >= 0.3 is 0 Å². The molecule has 5 rings (SSSR count). The number of nitrogens with two attached hydrogens (primary N) is 1. The minimum absolute atomic E-state index is 0.00512. The second-order valence-electron chi connectivity index (χ2n) is 10.8. The summed E-state index contributed by atoms with van der Waals surface area (Å²) in [6.07, 6.45) is 3.84. The molecule has 42 heavy (non-hydrogen) atoms. The van der Waals surface area contributed by atoms with E-state index in [4.69, 9.17) is 52.1 Å². The molecular formula is C32H31Cl4N3O3. The smallest absolute Gasteiger partial charge is 0.231 e. The highest BCUT2D eigenvalue weighted by Gasteiger charge is 2.46. The van der Waals surface area contributed by atoms with Gasteiger partial charge in [-0.1, -0.05) is 58.5 Å². The molecule has 2 unspecified atom stereocenters. The highest BCUT2D eigenvalue weighted by molar-refractivity contribution is 6.36. The second-order valence-corrected chi connectivity index (χ2v) is 12.5. The van der Waals surface area contributed by atoms with E-state index in [-0.39, 0.29) is 18.6 Å². The van der Waals surface area contributed by atoms with Crippen LogP contribution in [0.2, 0.25) is 20.1 Å². The molecule has 3 aromatic rings. The Balaban J connectivity index is 1.49. The van der Waals surface area contributed by atoms with Crippen molar-refractivity contribution in [1.29, 1.82) is 0 Å². The number of piperidine rings is 1. The van der Waals surface area contributed by atoms with Gasteiger partial charge in [0.05, 0.1) is 16.4 Å². The summed E-state index contributed by atoms with van der Waals surface area (Å²) in [5.74, 6) is -0.983. The van der Waals surface area contributed by atoms with Gasteiger partial charge in [-0.25, -0.2) is 0 Å². The zero-order valence-electron chi connectivity index (χ0n) is 22.8. The number of halogens is 4. The first kappa shape index (κ1) is 30.7. The summed E-state index contributed by atoms with van der Waals surface area (Å²) in [5.41, 5.74) is 8.26. The Kier molecular flexibility index (Phi) is 9.41. The topological polar surface area (TPSA) is 86.9 Å². The molecule has 2 aliphatic rings. The number of likely N-dealkylation sites (tertiary alicyclic amines) is 1. The summed E-state index contributed by atoms with van der Waals surface area (Å²) < 4.78 is 0. The Morgan fingerprint density at radius 3 is 2.05 bits per heavy atom. The van der Waals surface area contributed by atoms with E-state index in [1.165, 1.54) is 0 Å². The third kappa shape index (κ3) is 6.01. The first-order valence-corrected chi connectivity index (χ1v) is 15.3. The van der Waals surface area contributed by atoms with Gasteiger partial charge in [-0.3, -0.25) is 9.59 Å². The van der Waals surface area contributed by atoms with Crippen LogP contribution >= 0.6 is 46.4 Å². The molecule has 0 bridgehead atoms. The number of hydrogen-bond donors (Lipinski definition) is 2. The monoisotopic (exact) mass is 645 g/mol. The van der Waals surface area contributed by atoms with Crippen LogP contribution in [0.1, 0.15) is 36.8 Å². The molecule has 2 heterocycles. The molecule has 0 saturated carbocycles. The van der Waals surface area contributed by atoms with E-state index in [1.807, 2.05) is 41.3 Å². The molecular weight excluding hydrogens is 616 g/mol. The van der Waals surface area contributed by atoms with Gasteiger partial charge in [0.2, 0.25) is 11.8 Å². The molecule has 3 N–H and O–H groups in total. The van der Waals surface area contributed by atoms with Crippen molar-refractivity contribution in [2.75, 3.05) is 24.6 Å². The van der Waals surface area contributed by atoms with Gasteiger partial charge in [0, 0.05) is 57.8 Å². The Morgan fingerprint density at radius 1 is 0.881 bits per heavy atom. The third-order valence-electron chi connectivity index (χ3n) is 8.40. The van der Waals surface area contributed by atoms with Crippen LogP contribution in [0.25, 0.3) is 5.70 Å². The molecule has 2 atom stereocenters. The van der Waals surface area contributed by atoms with Crippen LogP contribution < -0.4 is 10.6 Å². The van der Waals surface area contributed by atoms with Crippen LogP contribution in [0.4, 0.5) is 5.69 Å². The van der Waals surface area contributed by atoms with Crippen LogP contribution in [0.3, 0.4) is 0 Å². The molecule has 2 aliphatic heterocycles. The van der Waals surface area contributed by atoms with Crippen LogP contribution in [0, 0.1) is 5.92 Å². The summed E-state index contributed by atoms with van der Waals surface area (Å²) in [5, 5.41) is 11.9. The van der Waals surface area contributed by atoms with E-state index in [2.05, 4.69) is 4.90 Å². The van der Waals surface area contributed by atoms with Crippen molar-refractivity contribution in [3.8, 4) is 0 Å². The van der Waals surface area contributed by atoms with Gasteiger partial charge in [-0.05, 0) is 91.9 Å². The second kappa shape index (κ2) is 12.9. The molecule has 3 aromatic carbocycles. The number of aliphatic hydroxyl groups excluding tert-OH is 1. The molecule has 2 amide bonds. The molecule has 0 spiro atoms. The number of hydrogen-bond acceptors (Lipinski definition) is 4. The average Bonchev–Trinajstić information content (AvgIpc) is 3.35. The minimum Gasteiger partial charge on any atom is -0.396 e. The summed E-state index contributed by atoms with van der Waals surface area (Å²) in [4.78, 5) is 30.9. The molecule has 0 aromatic heterocycles. The first-order valence-electron chi connectivity index (χ1n) is 13.8. The van der Waals surface area contributed by atoms with Gasteiger partial charge in [0.25, 0.3) is 0 Å². The molecule has 10 heteroatoms. The lowest BCUT2D eigenvalue weighted by molar-refractivity contribution is -0.138. The Labute approximate surface area is 265 Å². The Bertz CT molecular complexity index is 1490. The Hall–Kier alpha value is -2.74. The summed E-state index contributed by atoms with van der Waals surface area (Å²) in [6.45, 7) is 0.744. The van der Waals surface area contributed by atoms with Crippen LogP contribution in [-0.2, 0) is 15.0 Å². The Morgan fingerprint density at radius 2 is 1.48 bits per heavy atom. The number of amides is 2. The van der Waals surface area contributed by atoms with Crippen molar-refractivity contribution in [2.24, 2.45) is 11.7 Å². The van der Waals surface area contributed by atoms with Crippen molar-refractivity contribution in [3.63, 3.8) is 0 Å². The van der Waals surface area contributed by atoms with Crippen molar-refractivity contribution in [1.82, 2.24) is 4.90 Å². The number of aliphatic hydroxyl groups is 1. The quantitative estimate of drug-likeness (QED) is 0.277. The van der Waals surface area contributed by atoms with Crippen molar-refractivity contribution < 1.29 is 14.7 Å². The van der Waals surface area contributed by atoms with Gasteiger partial charge in [0.15, 0.2) is 0 Å². The largest absolute Gasteiger partial charge is 0.396 e. The number of benzene rings is 3. The number of nitrogens with zero attached hydrogens (tertiary/aromatic N) is 2. The van der Waals surface area contributed by atoms with Gasteiger partial charge in [-0.2, -0.15) is 0 Å². The summed E-state index contributed by atoms with van der Waals surface area (Å²) in [6, 6.07) is 19.6. The molecule has 0 radical (unpaired) electrons. The molecule has 1 saturated heterocycles. The minimum atomic E-state index is -0.874. The zero-order valence-corrected chi connectivity index (χ0v) is 25.8. The highest BCUT2D eigenvalue weighted by atomic mass is 35.5. The predicted molar refractivity (Wildman–Crippen MR) is 170 cm³/mol. The fourth-order valence-corrected chi connectivity index (χ4v) is 6.92. The maximum Gasteiger partial charge on any atom is 0.231 e. The van der Waals surface area contributed by atoms with Gasteiger partial charge in [-0.15, -0.1) is 0 Å².